The van der Waals surface area contributed by atoms with Crippen LogP contribution in [0.4, 0.5) is 0 Å². The number of ether oxygens (including phenoxy) is 1. The first-order valence-corrected chi connectivity index (χ1v) is 5.67. The Balaban J connectivity index is 3.16. The molecule has 0 saturated carbocycles. The topological polar surface area (TPSA) is 61.5 Å². The summed E-state index contributed by atoms with van der Waals surface area (Å²) in [6, 6.07) is 5.48. The van der Waals surface area contributed by atoms with E-state index in [4.69, 9.17) is 10.6 Å². The molecule has 4 nitrogen and oxygen atoms in total. The Morgan fingerprint density at radius 1 is 1.24 bits per heavy atom. The van der Waals surface area contributed by atoms with Gasteiger partial charge in [0.1, 0.15) is 11.3 Å². The first-order chi connectivity index (χ1) is 7.95. The average molecular weight is 237 g/mol. The molecule has 0 heterocycles. The quantitative estimate of drug-likeness (QED) is 0.818. The Kier molecular flexibility index (Phi) is 4.52. The number of benzene rings is 1. The van der Waals surface area contributed by atoms with Crippen LogP contribution in [0.5, 0.6) is 5.75 Å². The van der Waals surface area contributed by atoms with E-state index in [0.29, 0.717) is 17.2 Å². The molecule has 0 aliphatic carbocycles. The van der Waals surface area contributed by atoms with Crippen molar-refractivity contribution in [3.05, 3.63) is 29.3 Å². The second-order valence-corrected chi connectivity index (χ2v) is 4.48. The molecule has 0 atom stereocenters. The zero-order valence-electron chi connectivity index (χ0n) is 10.7. The van der Waals surface area contributed by atoms with E-state index >= 15 is 0 Å². The second kappa shape index (κ2) is 5.68. The van der Waals surface area contributed by atoms with Crippen molar-refractivity contribution in [1.29, 1.82) is 0 Å². The van der Waals surface area contributed by atoms with E-state index in [9.17, 15) is 4.79 Å². The normalized spacial score (nSPS) is 10.8. The van der Waals surface area contributed by atoms with Crippen molar-refractivity contribution >= 4 is 5.97 Å². The number of nitrogens with two attached hydrogens (primary N) is 1. The smallest absolute Gasteiger partial charge is 0.360 e. The first-order valence-electron chi connectivity index (χ1n) is 5.67. The third-order valence-corrected chi connectivity index (χ3v) is 2.36. The predicted octanol–water partition coefficient (Wildman–Crippen LogP) is 2.63. The lowest BCUT2D eigenvalue weighted by atomic mass is 10.0. The van der Waals surface area contributed by atoms with Gasteiger partial charge < -0.3 is 9.57 Å². The Morgan fingerprint density at radius 3 is 2.35 bits per heavy atom. The van der Waals surface area contributed by atoms with E-state index in [1.807, 2.05) is 19.9 Å². The van der Waals surface area contributed by atoms with Crippen LogP contribution in [0, 0.1) is 0 Å². The molecule has 0 amide bonds. The minimum absolute atomic E-state index is 0.00998. The van der Waals surface area contributed by atoms with Gasteiger partial charge in [0.2, 0.25) is 0 Å². The van der Waals surface area contributed by atoms with E-state index in [-0.39, 0.29) is 6.10 Å². The highest BCUT2D eigenvalue weighted by Gasteiger charge is 2.16. The minimum Gasteiger partial charge on any atom is -0.490 e. The summed E-state index contributed by atoms with van der Waals surface area (Å²) < 4.78 is 5.55. The Hall–Kier alpha value is -1.55. The fraction of sp³-hybridized carbons (Fsp3) is 0.462. The van der Waals surface area contributed by atoms with Crippen LogP contribution in [0.25, 0.3) is 0 Å². The van der Waals surface area contributed by atoms with Crippen LogP contribution in [0.1, 0.15) is 49.5 Å². The van der Waals surface area contributed by atoms with E-state index in [1.165, 1.54) is 0 Å². The first kappa shape index (κ1) is 13.5. The summed E-state index contributed by atoms with van der Waals surface area (Å²) in [6.45, 7) is 7.90. The van der Waals surface area contributed by atoms with Gasteiger partial charge in [-0.1, -0.05) is 19.9 Å². The molecule has 4 heteroatoms. The van der Waals surface area contributed by atoms with Gasteiger partial charge in [-0.05, 0) is 37.5 Å². The van der Waals surface area contributed by atoms with Crippen LogP contribution in [0.2, 0.25) is 0 Å². The third kappa shape index (κ3) is 3.46. The van der Waals surface area contributed by atoms with Crippen molar-refractivity contribution in [1.82, 2.24) is 0 Å². The highest BCUT2D eigenvalue weighted by atomic mass is 16.7. The molecule has 0 aliphatic rings. The van der Waals surface area contributed by atoms with Gasteiger partial charge in [-0.2, -0.15) is 5.90 Å². The third-order valence-electron chi connectivity index (χ3n) is 2.36. The number of carbonyl (C=O) groups is 1. The van der Waals surface area contributed by atoms with E-state index in [1.54, 1.807) is 12.1 Å². The van der Waals surface area contributed by atoms with Gasteiger partial charge in [-0.25, -0.2) is 4.79 Å². The fourth-order valence-corrected chi connectivity index (χ4v) is 1.49. The van der Waals surface area contributed by atoms with Gasteiger partial charge in [-0.15, -0.1) is 0 Å². The van der Waals surface area contributed by atoms with Crippen molar-refractivity contribution in [3.8, 4) is 5.75 Å². The van der Waals surface area contributed by atoms with Crippen LogP contribution >= 0.6 is 0 Å². The summed E-state index contributed by atoms with van der Waals surface area (Å²) in [6.07, 6.45) is -0.00998. The monoisotopic (exact) mass is 237 g/mol. The van der Waals surface area contributed by atoms with Crippen molar-refractivity contribution in [3.63, 3.8) is 0 Å². The fourth-order valence-electron chi connectivity index (χ4n) is 1.49. The molecule has 1 aromatic rings. The molecule has 0 bridgehead atoms. The highest BCUT2D eigenvalue weighted by molar-refractivity contribution is 5.92. The maximum atomic E-state index is 11.6. The number of rotatable bonds is 4. The molecule has 0 radical (unpaired) electrons. The number of hydrogen-bond acceptors (Lipinski definition) is 4. The maximum absolute atomic E-state index is 11.6. The van der Waals surface area contributed by atoms with Crippen LogP contribution in [0.3, 0.4) is 0 Å². The summed E-state index contributed by atoms with van der Waals surface area (Å²) in [5.41, 5.74) is 1.41. The van der Waals surface area contributed by atoms with Gasteiger partial charge >= 0.3 is 5.97 Å². The molecular formula is C13H19NO3. The van der Waals surface area contributed by atoms with Crippen LogP contribution in [-0.2, 0) is 4.84 Å². The zero-order chi connectivity index (χ0) is 13.0. The largest absolute Gasteiger partial charge is 0.490 e. The lowest BCUT2D eigenvalue weighted by molar-refractivity contribution is 0.0497. The molecule has 1 aromatic carbocycles. The van der Waals surface area contributed by atoms with Crippen molar-refractivity contribution < 1.29 is 14.4 Å². The van der Waals surface area contributed by atoms with Gasteiger partial charge in [0.05, 0.1) is 6.10 Å². The molecule has 2 N–H and O–H groups in total. The van der Waals surface area contributed by atoms with Gasteiger partial charge in [-0.3, -0.25) is 0 Å². The molecule has 0 saturated heterocycles. The van der Waals surface area contributed by atoms with Gasteiger partial charge in [0, 0.05) is 0 Å². The molecule has 0 aliphatic heterocycles. The van der Waals surface area contributed by atoms with Crippen molar-refractivity contribution in [2.45, 2.75) is 39.7 Å². The van der Waals surface area contributed by atoms with Crippen LogP contribution in [-0.4, -0.2) is 12.1 Å². The summed E-state index contributed by atoms with van der Waals surface area (Å²) >= 11 is 0. The summed E-state index contributed by atoms with van der Waals surface area (Å²) in [5, 5.41) is 0. The number of hydrogen-bond donors (Lipinski definition) is 1. The van der Waals surface area contributed by atoms with Crippen LogP contribution < -0.4 is 10.6 Å². The second-order valence-electron chi connectivity index (χ2n) is 4.48. The number of carbonyl (C=O) groups excluding carboxylic acids is 1. The molecule has 0 unspecified atom stereocenters. The van der Waals surface area contributed by atoms with E-state index in [0.717, 1.165) is 5.56 Å². The van der Waals surface area contributed by atoms with Gasteiger partial charge in [0.25, 0.3) is 0 Å². The summed E-state index contributed by atoms with van der Waals surface area (Å²) in [7, 11) is 0. The maximum Gasteiger partial charge on any atom is 0.360 e. The highest BCUT2D eigenvalue weighted by Crippen LogP contribution is 2.25. The molecule has 17 heavy (non-hydrogen) atoms. The molecule has 0 aromatic heterocycles. The summed E-state index contributed by atoms with van der Waals surface area (Å²) in [4.78, 5) is 15.8. The average Bonchev–Trinajstić information content (AvgIpc) is 2.27. The Bertz CT molecular complexity index is 400. The van der Waals surface area contributed by atoms with E-state index < -0.39 is 5.97 Å². The molecular weight excluding hydrogens is 218 g/mol. The molecule has 94 valence electrons. The molecule has 0 fully saturated rings. The molecule has 1 rings (SSSR count). The van der Waals surface area contributed by atoms with E-state index in [2.05, 4.69) is 18.7 Å². The van der Waals surface area contributed by atoms with Crippen LogP contribution in [0.15, 0.2) is 18.2 Å². The minimum atomic E-state index is -0.580. The standard InChI is InChI=1S/C13H19NO3/c1-8(2)10-5-6-12(16-9(3)4)11(7-10)13(15)17-14/h5-9H,14H2,1-4H3. The zero-order valence-corrected chi connectivity index (χ0v) is 10.7. The Labute approximate surface area is 102 Å². The predicted molar refractivity (Wildman–Crippen MR) is 65.9 cm³/mol. The SMILES string of the molecule is CC(C)Oc1ccc(C(C)C)cc1C(=O)ON. The van der Waals surface area contributed by atoms with Crippen molar-refractivity contribution in [2.75, 3.05) is 0 Å². The summed E-state index contributed by atoms with van der Waals surface area (Å²) in [5.74, 6) is 5.17. The lowest BCUT2D eigenvalue weighted by Gasteiger charge is -2.15. The lowest BCUT2D eigenvalue weighted by Crippen LogP contribution is -2.15. The van der Waals surface area contributed by atoms with Gasteiger partial charge in [0.15, 0.2) is 0 Å². The van der Waals surface area contributed by atoms with Crippen molar-refractivity contribution in [2.24, 2.45) is 5.90 Å². The Morgan fingerprint density at radius 2 is 1.88 bits per heavy atom. The molecule has 0 spiro atoms.